The SMILES string of the molecule is CSc1nnc(SCC(=O)NCc2ccccc2C)s1. The summed E-state index contributed by atoms with van der Waals surface area (Å²) in [7, 11) is 0. The molecule has 0 fully saturated rings. The molecule has 0 saturated carbocycles. The summed E-state index contributed by atoms with van der Waals surface area (Å²) in [5.74, 6) is 0.383. The van der Waals surface area contributed by atoms with Crippen molar-refractivity contribution in [1.82, 2.24) is 15.5 Å². The highest BCUT2D eigenvalue weighted by atomic mass is 32.2. The lowest BCUT2D eigenvalue weighted by Crippen LogP contribution is -2.24. The fourth-order valence-corrected chi connectivity index (χ4v) is 3.79. The van der Waals surface area contributed by atoms with E-state index in [0.29, 0.717) is 12.3 Å². The normalized spacial score (nSPS) is 10.5. The predicted octanol–water partition coefficient (Wildman–Crippen LogP) is 2.98. The Morgan fingerprint density at radius 3 is 2.75 bits per heavy atom. The van der Waals surface area contributed by atoms with Crippen LogP contribution in [-0.4, -0.2) is 28.1 Å². The lowest BCUT2D eigenvalue weighted by Gasteiger charge is -2.07. The number of amides is 1. The average molecular weight is 325 g/mol. The van der Waals surface area contributed by atoms with E-state index in [1.165, 1.54) is 28.7 Å². The van der Waals surface area contributed by atoms with Gasteiger partial charge in [0.05, 0.1) is 5.75 Å². The quantitative estimate of drug-likeness (QED) is 0.828. The second-order valence-corrected chi connectivity index (χ2v) is 7.28. The third-order valence-electron chi connectivity index (χ3n) is 2.63. The molecule has 0 aliphatic carbocycles. The Bertz CT molecular complexity index is 586. The molecular formula is C13H15N3OS3. The number of rotatable bonds is 6. The second-order valence-electron chi connectivity index (χ2n) is 4.03. The van der Waals surface area contributed by atoms with E-state index in [9.17, 15) is 4.79 Å². The summed E-state index contributed by atoms with van der Waals surface area (Å²) >= 11 is 4.50. The van der Waals surface area contributed by atoms with E-state index in [4.69, 9.17) is 0 Å². The maximum Gasteiger partial charge on any atom is 0.230 e. The fraction of sp³-hybridized carbons (Fsp3) is 0.308. The Labute approximate surface area is 130 Å². The molecular weight excluding hydrogens is 310 g/mol. The Morgan fingerprint density at radius 2 is 2.05 bits per heavy atom. The minimum atomic E-state index is 0.0131. The number of hydrogen-bond acceptors (Lipinski definition) is 6. The van der Waals surface area contributed by atoms with Gasteiger partial charge in [-0.2, -0.15) is 0 Å². The van der Waals surface area contributed by atoms with Gasteiger partial charge in [0, 0.05) is 6.54 Å². The summed E-state index contributed by atoms with van der Waals surface area (Å²) < 4.78 is 1.76. The molecule has 4 nitrogen and oxygen atoms in total. The number of aryl methyl sites for hydroxylation is 1. The van der Waals surface area contributed by atoms with E-state index in [2.05, 4.69) is 15.5 Å². The predicted molar refractivity (Wildman–Crippen MR) is 85.4 cm³/mol. The van der Waals surface area contributed by atoms with E-state index in [-0.39, 0.29) is 5.91 Å². The van der Waals surface area contributed by atoms with Gasteiger partial charge in [-0.3, -0.25) is 4.79 Å². The van der Waals surface area contributed by atoms with Crippen molar-refractivity contribution in [1.29, 1.82) is 0 Å². The monoisotopic (exact) mass is 325 g/mol. The summed E-state index contributed by atoms with van der Waals surface area (Å²) in [6, 6.07) is 8.05. The molecule has 0 radical (unpaired) electrons. The van der Waals surface area contributed by atoms with Crippen LogP contribution in [-0.2, 0) is 11.3 Å². The lowest BCUT2D eigenvalue weighted by atomic mass is 10.1. The highest BCUT2D eigenvalue weighted by Gasteiger charge is 2.08. The van der Waals surface area contributed by atoms with E-state index in [1.807, 2.05) is 37.4 Å². The standard InChI is InChI=1S/C13H15N3OS3/c1-9-5-3-4-6-10(9)7-14-11(17)8-19-13-16-15-12(18-2)20-13/h3-6H,7-8H2,1-2H3,(H,14,17). The van der Waals surface area contributed by atoms with Gasteiger partial charge in [-0.1, -0.05) is 59.1 Å². The van der Waals surface area contributed by atoms with Crippen molar-refractivity contribution in [3.8, 4) is 0 Å². The zero-order valence-corrected chi connectivity index (χ0v) is 13.7. The smallest absolute Gasteiger partial charge is 0.230 e. The number of nitrogens with one attached hydrogen (secondary N) is 1. The van der Waals surface area contributed by atoms with Crippen molar-refractivity contribution in [2.45, 2.75) is 22.1 Å². The van der Waals surface area contributed by atoms with Crippen LogP contribution < -0.4 is 5.32 Å². The molecule has 106 valence electrons. The Morgan fingerprint density at radius 1 is 1.30 bits per heavy atom. The molecule has 1 N–H and O–H groups in total. The highest BCUT2D eigenvalue weighted by Crippen LogP contribution is 2.26. The number of carbonyl (C=O) groups is 1. The van der Waals surface area contributed by atoms with Gasteiger partial charge < -0.3 is 5.32 Å². The van der Waals surface area contributed by atoms with Crippen LogP contribution in [0.5, 0.6) is 0 Å². The van der Waals surface area contributed by atoms with Crippen LogP contribution in [0.3, 0.4) is 0 Å². The van der Waals surface area contributed by atoms with Crippen LogP contribution in [0.15, 0.2) is 32.9 Å². The zero-order chi connectivity index (χ0) is 14.4. The van der Waals surface area contributed by atoms with E-state index in [0.717, 1.165) is 14.2 Å². The number of nitrogens with zero attached hydrogens (tertiary/aromatic N) is 2. The highest BCUT2D eigenvalue weighted by molar-refractivity contribution is 8.03. The fourth-order valence-electron chi connectivity index (χ4n) is 1.52. The molecule has 7 heteroatoms. The maximum atomic E-state index is 11.8. The molecule has 2 rings (SSSR count). The van der Waals surface area contributed by atoms with Crippen molar-refractivity contribution in [3.63, 3.8) is 0 Å². The van der Waals surface area contributed by atoms with Gasteiger partial charge in [-0.25, -0.2) is 0 Å². The molecule has 0 unspecified atom stereocenters. The largest absolute Gasteiger partial charge is 0.351 e. The number of carbonyl (C=O) groups excluding carboxylic acids is 1. The summed E-state index contributed by atoms with van der Waals surface area (Å²) in [6.07, 6.45) is 1.96. The summed E-state index contributed by atoms with van der Waals surface area (Å²) in [5.41, 5.74) is 2.33. The molecule has 1 amide bonds. The molecule has 1 aromatic carbocycles. The van der Waals surface area contributed by atoms with Crippen molar-refractivity contribution >= 4 is 40.8 Å². The van der Waals surface area contributed by atoms with Crippen LogP contribution in [0.25, 0.3) is 0 Å². The van der Waals surface area contributed by atoms with Gasteiger partial charge >= 0.3 is 0 Å². The molecule has 0 aliphatic heterocycles. The van der Waals surface area contributed by atoms with Gasteiger partial charge in [0.25, 0.3) is 0 Å². The first kappa shape index (κ1) is 15.3. The van der Waals surface area contributed by atoms with Gasteiger partial charge in [0.1, 0.15) is 0 Å². The molecule has 0 spiro atoms. The first-order valence-electron chi connectivity index (χ1n) is 6.00. The van der Waals surface area contributed by atoms with Crippen LogP contribution in [0, 0.1) is 6.92 Å². The first-order valence-corrected chi connectivity index (χ1v) is 9.03. The van der Waals surface area contributed by atoms with Crippen molar-refractivity contribution in [2.75, 3.05) is 12.0 Å². The molecule has 0 atom stereocenters. The molecule has 1 aromatic heterocycles. The molecule has 0 aliphatic rings. The third kappa shape index (κ3) is 4.50. The van der Waals surface area contributed by atoms with Crippen LogP contribution in [0.4, 0.5) is 0 Å². The number of thioether (sulfide) groups is 2. The van der Waals surface area contributed by atoms with Gasteiger partial charge in [-0.15, -0.1) is 10.2 Å². The Balaban J connectivity index is 1.77. The Hall–Kier alpha value is -1.05. The van der Waals surface area contributed by atoms with Gasteiger partial charge in [-0.05, 0) is 24.3 Å². The maximum absolute atomic E-state index is 11.8. The van der Waals surface area contributed by atoms with E-state index >= 15 is 0 Å². The molecule has 2 aromatic rings. The van der Waals surface area contributed by atoms with Crippen molar-refractivity contribution in [2.24, 2.45) is 0 Å². The van der Waals surface area contributed by atoms with Gasteiger partial charge in [0.15, 0.2) is 8.68 Å². The Kier molecular flexibility index (Phi) is 5.87. The van der Waals surface area contributed by atoms with Crippen LogP contribution in [0.2, 0.25) is 0 Å². The van der Waals surface area contributed by atoms with Crippen LogP contribution >= 0.6 is 34.9 Å². The summed E-state index contributed by atoms with van der Waals surface area (Å²) in [4.78, 5) is 11.8. The molecule has 20 heavy (non-hydrogen) atoms. The molecule has 0 saturated heterocycles. The van der Waals surface area contributed by atoms with Crippen molar-refractivity contribution < 1.29 is 4.79 Å². The van der Waals surface area contributed by atoms with Crippen molar-refractivity contribution in [3.05, 3.63) is 35.4 Å². The second kappa shape index (κ2) is 7.66. The van der Waals surface area contributed by atoms with E-state index in [1.54, 1.807) is 11.8 Å². The first-order chi connectivity index (χ1) is 9.69. The number of aromatic nitrogens is 2. The minimum absolute atomic E-state index is 0.0131. The number of hydrogen-bond donors (Lipinski definition) is 1. The molecule has 0 bridgehead atoms. The lowest BCUT2D eigenvalue weighted by molar-refractivity contribution is -0.118. The van der Waals surface area contributed by atoms with Crippen LogP contribution in [0.1, 0.15) is 11.1 Å². The summed E-state index contributed by atoms with van der Waals surface area (Å²) in [6.45, 7) is 2.61. The third-order valence-corrected chi connectivity index (χ3v) is 5.66. The minimum Gasteiger partial charge on any atom is -0.351 e. The zero-order valence-electron chi connectivity index (χ0n) is 11.3. The van der Waals surface area contributed by atoms with Gasteiger partial charge in [0.2, 0.25) is 5.91 Å². The van der Waals surface area contributed by atoms with E-state index < -0.39 is 0 Å². The topological polar surface area (TPSA) is 54.9 Å². The summed E-state index contributed by atoms with van der Waals surface area (Å²) in [5, 5.41) is 10.9. The number of benzene rings is 1. The molecule has 1 heterocycles. The average Bonchev–Trinajstić information content (AvgIpc) is 2.92.